The third kappa shape index (κ3) is 1.29. The van der Waals surface area contributed by atoms with Crippen molar-refractivity contribution in [3.63, 3.8) is 0 Å². The van der Waals surface area contributed by atoms with Gasteiger partial charge in [-0.15, -0.1) is 0 Å². The Bertz CT molecular complexity index is 118. The Labute approximate surface area is 45.1 Å². The van der Waals surface area contributed by atoms with Crippen LogP contribution in [0.3, 0.4) is 0 Å². The van der Waals surface area contributed by atoms with Crippen molar-refractivity contribution in [2.45, 2.75) is 12.6 Å². The molecule has 0 spiro atoms. The van der Waals surface area contributed by atoms with Crippen molar-refractivity contribution in [1.82, 2.24) is 0 Å². The molecule has 0 aromatic rings. The maximum absolute atomic E-state index is 12.0. The van der Waals surface area contributed by atoms with Gasteiger partial charge in [0.2, 0.25) is 0 Å². The second kappa shape index (κ2) is 1.90. The maximum atomic E-state index is 12.0. The summed E-state index contributed by atoms with van der Waals surface area (Å²) in [6, 6.07) is 0. The number of halogens is 1. The van der Waals surface area contributed by atoms with Crippen molar-refractivity contribution >= 4 is 12.3 Å². The summed E-state index contributed by atoms with van der Waals surface area (Å²) in [6.07, 6.45) is -0.255. The highest BCUT2D eigenvalue weighted by atomic mass is 19.1. The van der Waals surface area contributed by atoms with E-state index in [4.69, 9.17) is 5.11 Å². The van der Waals surface area contributed by atoms with Gasteiger partial charge in [-0.05, 0) is 6.92 Å². The predicted molar refractivity (Wildman–Crippen MR) is 23.2 cm³/mol. The van der Waals surface area contributed by atoms with Crippen LogP contribution < -0.4 is 0 Å². The second-order valence-electron chi connectivity index (χ2n) is 1.50. The first kappa shape index (κ1) is 7.07. The van der Waals surface area contributed by atoms with Crippen molar-refractivity contribution in [3.8, 4) is 0 Å². The Morgan fingerprint density at radius 3 is 2.25 bits per heavy atom. The van der Waals surface area contributed by atoms with E-state index >= 15 is 0 Å². The number of carbonyl (C=O) groups is 2. The summed E-state index contributed by atoms with van der Waals surface area (Å²) in [5.41, 5.74) is -2.72. The molecule has 3 nitrogen and oxygen atoms in total. The number of hydrogen-bond acceptors (Lipinski definition) is 2. The van der Waals surface area contributed by atoms with Crippen LogP contribution >= 0.6 is 0 Å². The maximum Gasteiger partial charge on any atom is 0.348 e. The Kier molecular flexibility index (Phi) is 1.68. The molecule has 0 rings (SSSR count). The van der Waals surface area contributed by atoms with Gasteiger partial charge in [0.15, 0.2) is 6.29 Å². The Morgan fingerprint density at radius 2 is 2.25 bits per heavy atom. The highest BCUT2D eigenvalue weighted by Gasteiger charge is 2.31. The molecule has 0 radical (unpaired) electrons. The first-order valence-electron chi connectivity index (χ1n) is 1.89. The number of hydrogen-bond donors (Lipinski definition) is 1. The van der Waals surface area contributed by atoms with Gasteiger partial charge in [-0.25, -0.2) is 9.18 Å². The number of aldehydes is 1. The van der Waals surface area contributed by atoms with Gasteiger partial charge >= 0.3 is 5.97 Å². The molecule has 1 unspecified atom stereocenters. The lowest BCUT2D eigenvalue weighted by molar-refractivity contribution is -0.151. The van der Waals surface area contributed by atoms with Gasteiger partial charge in [-0.2, -0.15) is 0 Å². The van der Waals surface area contributed by atoms with Crippen LogP contribution in [-0.4, -0.2) is 23.0 Å². The van der Waals surface area contributed by atoms with Crippen LogP contribution in [0.1, 0.15) is 6.92 Å². The third-order valence-electron chi connectivity index (χ3n) is 0.639. The van der Waals surface area contributed by atoms with E-state index in [9.17, 15) is 14.0 Å². The van der Waals surface area contributed by atoms with Crippen LogP contribution in [0.2, 0.25) is 0 Å². The molecule has 1 N–H and O–H groups in total. The summed E-state index contributed by atoms with van der Waals surface area (Å²) in [6.45, 7) is 0.683. The van der Waals surface area contributed by atoms with Crippen molar-refractivity contribution in [2.24, 2.45) is 0 Å². The first-order valence-corrected chi connectivity index (χ1v) is 1.89. The third-order valence-corrected chi connectivity index (χ3v) is 0.639. The lowest BCUT2D eigenvalue weighted by Gasteiger charge is -2.02. The van der Waals surface area contributed by atoms with Crippen molar-refractivity contribution in [1.29, 1.82) is 0 Å². The molecule has 8 heavy (non-hydrogen) atoms. The SMILES string of the molecule is CC(F)(C=O)C(=O)O. The fourth-order valence-electron chi connectivity index (χ4n) is 0.0504. The van der Waals surface area contributed by atoms with Crippen LogP contribution in [0.25, 0.3) is 0 Å². The highest BCUT2D eigenvalue weighted by molar-refractivity contribution is 5.94. The number of carboxylic acid groups (broad SMARTS) is 1. The predicted octanol–water partition coefficient (Wildman–Crippen LogP) is -0.00190. The molecule has 46 valence electrons. The molecule has 4 heteroatoms. The Balaban J connectivity index is 4.12. The normalized spacial score (nSPS) is 16.8. The van der Waals surface area contributed by atoms with Crippen LogP contribution in [0.4, 0.5) is 4.39 Å². The Morgan fingerprint density at radius 1 is 1.88 bits per heavy atom. The average molecular weight is 120 g/mol. The minimum Gasteiger partial charge on any atom is -0.479 e. The molecule has 0 aliphatic carbocycles. The zero-order valence-electron chi connectivity index (χ0n) is 4.22. The molecule has 0 heterocycles. The van der Waals surface area contributed by atoms with E-state index in [2.05, 4.69) is 0 Å². The first-order chi connectivity index (χ1) is 3.50. The van der Waals surface area contributed by atoms with Gasteiger partial charge in [0.1, 0.15) is 0 Å². The standard InChI is InChI=1S/C4H5FO3/c1-4(5,2-6)3(7)8/h2H,1H3,(H,7,8). The molecule has 1 atom stereocenters. The largest absolute Gasteiger partial charge is 0.479 e. The van der Waals surface area contributed by atoms with Crippen molar-refractivity contribution in [3.05, 3.63) is 0 Å². The molecule has 0 aromatic heterocycles. The summed E-state index contributed by atoms with van der Waals surface area (Å²) in [5, 5.41) is 7.84. The molecule has 0 aliphatic rings. The zero-order valence-corrected chi connectivity index (χ0v) is 4.22. The van der Waals surface area contributed by atoms with E-state index in [1.165, 1.54) is 0 Å². The van der Waals surface area contributed by atoms with E-state index in [1.807, 2.05) is 0 Å². The fourth-order valence-corrected chi connectivity index (χ4v) is 0.0504. The smallest absolute Gasteiger partial charge is 0.348 e. The minimum absolute atomic E-state index is 0.255. The highest BCUT2D eigenvalue weighted by Crippen LogP contribution is 2.03. The van der Waals surface area contributed by atoms with Gasteiger partial charge in [0, 0.05) is 0 Å². The number of alkyl halides is 1. The molecule has 0 aliphatic heterocycles. The zero-order chi connectivity index (χ0) is 6.78. The number of aliphatic carboxylic acids is 1. The van der Waals surface area contributed by atoms with Crippen LogP contribution in [0.15, 0.2) is 0 Å². The molecule has 0 saturated carbocycles. The monoisotopic (exact) mass is 120 g/mol. The Hall–Kier alpha value is -0.930. The summed E-state index contributed by atoms with van der Waals surface area (Å²) in [7, 11) is 0. The van der Waals surface area contributed by atoms with Gasteiger partial charge in [0.25, 0.3) is 5.67 Å². The van der Waals surface area contributed by atoms with E-state index in [1.54, 1.807) is 0 Å². The van der Waals surface area contributed by atoms with Crippen LogP contribution in [0.5, 0.6) is 0 Å². The van der Waals surface area contributed by atoms with E-state index in [-0.39, 0.29) is 6.29 Å². The summed E-state index contributed by atoms with van der Waals surface area (Å²) < 4.78 is 12.0. The van der Waals surface area contributed by atoms with Crippen LogP contribution in [0, 0.1) is 0 Å². The molecule has 0 amide bonds. The van der Waals surface area contributed by atoms with E-state index in [0.717, 1.165) is 0 Å². The number of carboxylic acids is 1. The van der Waals surface area contributed by atoms with Crippen molar-refractivity contribution in [2.75, 3.05) is 0 Å². The second-order valence-corrected chi connectivity index (χ2v) is 1.50. The van der Waals surface area contributed by atoms with Crippen molar-refractivity contribution < 1.29 is 19.1 Å². The summed E-state index contributed by atoms with van der Waals surface area (Å²) in [5.74, 6) is -1.76. The number of rotatable bonds is 2. The van der Waals surface area contributed by atoms with Gasteiger partial charge in [-0.1, -0.05) is 0 Å². The van der Waals surface area contributed by atoms with Crippen LogP contribution in [-0.2, 0) is 9.59 Å². The fraction of sp³-hybridized carbons (Fsp3) is 0.500. The molecule has 0 fully saturated rings. The van der Waals surface area contributed by atoms with Gasteiger partial charge in [0.05, 0.1) is 0 Å². The topological polar surface area (TPSA) is 54.4 Å². The lowest BCUT2D eigenvalue weighted by Crippen LogP contribution is -2.30. The lowest BCUT2D eigenvalue weighted by atomic mass is 10.2. The van der Waals surface area contributed by atoms with Gasteiger partial charge < -0.3 is 5.11 Å². The van der Waals surface area contributed by atoms with E-state index in [0.29, 0.717) is 6.92 Å². The molecular weight excluding hydrogens is 115 g/mol. The molecule has 0 aromatic carbocycles. The average Bonchev–Trinajstić information content (AvgIpc) is 1.67. The molecular formula is C4H5FO3. The molecule has 0 saturated heterocycles. The minimum atomic E-state index is -2.72. The van der Waals surface area contributed by atoms with Gasteiger partial charge in [-0.3, -0.25) is 4.79 Å². The van der Waals surface area contributed by atoms with E-state index < -0.39 is 11.6 Å². The number of carbonyl (C=O) groups excluding carboxylic acids is 1. The quantitative estimate of drug-likeness (QED) is 0.412. The molecule has 0 bridgehead atoms. The summed E-state index contributed by atoms with van der Waals surface area (Å²) in [4.78, 5) is 19.2. The summed E-state index contributed by atoms with van der Waals surface area (Å²) >= 11 is 0.